The van der Waals surface area contributed by atoms with Gasteiger partial charge in [0.15, 0.2) is 0 Å². The number of halogens is 1. The minimum Gasteiger partial charge on any atom is -0.382 e. The maximum absolute atomic E-state index is 12.5. The third kappa shape index (κ3) is 4.26. The van der Waals surface area contributed by atoms with Crippen LogP contribution >= 0.6 is 22.9 Å². The van der Waals surface area contributed by atoms with E-state index < -0.39 is 6.10 Å². The summed E-state index contributed by atoms with van der Waals surface area (Å²) in [6, 6.07) is 11.8. The third-order valence-electron chi connectivity index (χ3n) is 4.62. The molecule has 1 N–H and O–H groups in total. The topological polar surface area (TPSA) is 63.2 Å². The number of nitrogens with one attached hydrogen (secondary N) is 1. The lowest BCUT2D eigenvalue weighted by molar-refractivity contribution is -0.131. The monoisotopic (exact) mass is 405 g/mol. The first-order valence-electron chi connectivity index (χ1n) is 8.87. The number of oxime groups is 1. The molecule has 1 amide bonds. The van der Waals surface area contributed by atoms with Crippen molar-refractivity contribution in [1.82, 2.24) is 5.32 Å². The van der Waals surface area contributed by atoms with Crippen molar-refractivity contribution < 1.29 is 14.4 Å². The number of hydrogen-bond donors (Lipinski definition) is 1. The first kappa shape index (κ1) is 18.3. The highest BCUT2D eigenvalue weighted by Crippen LogP contribution is 2.26. The van der Waals surface area contributed by atoms with Crippen LogP contribution in [-0.4, -0.2) is 44.0 Å². The largest absolute Gasteiger partial charge is 0.382 e. The van der Waals surface area contributed by atoms with Gasteiger partial charge < -0.3 is 19.8 Å². The lowest BCUT2D eigenvalue weighted by Gasteiger charge is -2.30. The number of hydrogen-bond acceptors (Lipinski definition) is 6. The summed E-state index contributed by atoms with van der Waals surface area (Å²) in [4.78, 5) is 21.1. The van der Waals surface area contributed by atoms with E-state index in [9.17, 15) is 4.79 Å². The average molecular weight is 406 g/mol. The average Bonchev–Trinajstić information content (AvgIpc) is 3.36. The van der Waals surface area contributed by atoms with Crippen LogP contribution in [0.15, 0.2) is 41.6 Å². The number of para-hydroxylation sites is 1. The zero-order valence-electron chi connectivity index (χ0n) is 14.7. The zero-order chi connectivity index (χ0) is 18.6. The van der Waals surface area contributed by atoms with E-state index in [0.717, 1.165) is 48.1 Å². The van der Waals surface area contributed by atoms with Gasteiger partial charge in [-0.3, -0.25) is 4.79 Å². The Morgan fingerprint density at radius 1 is 1.26 bits per heavy atom. The highest BCUT2D eigenvalue weighted by atomic mass is 35.5. The van der Waals surface area contributed by atoms with Gasteiger partial charge in [0.05, 0.1) is 22.4 Å². The van der Waals surface area contributed by atoms with Crippen LogP contribution in [0.3, 0.4) is 0 Å². The molecule has 0 aliphatic carbocycles. The van der Waals surface area contributed by atoms with Crippen LogP contribution < -0.4 is 10.2 Å². The number of thiophene rings is 1. The highest BCUT2D eigenvalue weighted by Gasteiger charge is 2.29. The van der Waals surface area contributed by atoms with Crippen LogP contribution in [-0.2, 0) is 20.9 Å². The first-order chi connectivity index (χ1) is 13.2. The molecular formula is C19H20ClN3O3S. The lowest BCUT2D eigenvalue weighted by atomic mass is 10.1. The van der Waals surface area contributed by atoms with Gasteiger partial charge in [-0.05, 0) is 23.8 Å². The summed E-state index contributed by atoms with van der Waals surface area (Å²) in [5.74, 6) is -0.159. The molecule has 0 radical (unpaired) electrons. The van der Waals surface area contributed by atoms with E-state index in [1.807, 2.05) is 30.3 Å². The summed E-state index contributed by atoms with van der Waals surface area (Å²) in [7, 11) is 0. The third-order valence-corrected chi connectivity index (χ3v) is 5.90. The van der Waals surface area contributed by atoms with Gasteiger partial charge in [-0.1, -0.05) is 35.0 Å². The molecule has 0 unspecified atom stereocenters. The van der Waals surface area contributed by atoms with Crippen molar-refractivity contribution >= 4 is 40.2 Å². The molecule has 27 heavy (non-hydrogen) atoms. The number of nitrogens with zero attached hydrogens (tertiary/aromatic N) is 2. The molecule has 1 aromatic heterocycles. The molecule has 0 saturated carbocycles. The molecule has 1 fully saturated rings. The number of rotatable bonds is 5. The summed E-state index contributed by atoms with van der Waals surface area (Å²) in [5, 5.41) is 7.03. The second-order valence-electron chi connectivity index (χ2n) is 6.39. The van der Waals surface area contributed by atoms with Crippen molar-refractivity contribution in [2.24, 2.45) is 5.16 Å². The van der Waals surface area contributed by atoms with Crippen molar-refractivity contribution in [3.05, 3.63) is 51.2 Å². The van der Waals surface area contributed by atoms with Gasteiger partial charge in [-0.15, -0.1) is 11.3 Å². The molecular weight excluding hydrogens is 386 g/mol. The Morgan fingerprint density at radius 3 is 2.85 bits per heavy atom. The molecule has 1 aromatic carbocycles. The van der Waals surface area contributed by atoms with Crippen LogP contribution in [0, 0.1) is 0 Å². The Kier molecular flexibility index (Phi) is 5.61. The number of carbonyl (C=O) groups is 1. The molecule has 1 atom stereocenters. The molecule has 4 rings (SSSR count). The summed E-state index contributed by atoms with van der Waals surface area (Å²) in [6.45, 7) is 3.62. The molecule has 6 nitrogen and oxygen atoms in total. The number of benzene rings is 1. The molecule has 142 valence electrons. The van der Waals surface area contributed by atoms with Crippen molar-refractivity contribution in [3.63, 3.8) is 0 Å². The molecule has 2 aliphatic rings. The fourth-order valence-corrected chi connectivity index (χ4v) is 4.24. The Hall–Kier alpha value is -2.09. The number of anilines is 1. The van der Waals surface area contributed by atoms with E-state index >= 15 is 0 Å². The predicted octanol–water partition coefficient (Wildman–Crippen LogP) is 3.05. The quantitative estimate of drug-likeness (QED) is 0.830. The molecule has 2 aliphatic heterocycles. The summed E-state index contributed by atoms with van der Waals surface area (Å²) in [6.07, 6.45) is -0.148. The van der Waals surface area contributed by atoms with E-state index in [2.05, 4.69) is 21.4 Å². The van der Waals surface area contributed by atoms with Gasteiger partial charge in [-0.2, -0.15) is 0 Å². The highest BCUT2D eigenvalue weighted by molar-refractivity contribution is 7.18. The molecule has 3 heterocycles. The van der Waals surface area contributed by atoms with Crippen LogP contribution in [0.5, 0.6) is 0 Å². The summed E-state index contributed by atoms with van der Waals surface area (Å²) < 4.78 is 6.12. The van der Waals surface area contributed by atoms with Crippen LogP contribution in [0.25, 0.3) is 0 Å². The van der Waals surface area contributed by atoms with E-state index in [4.69, 9.17) is 21.2 Å². The summed E-state index contributed by atoms with van der Waals surface area (Å²) >= 11 is 7.40. The molecule has 8 heteroatoms. The van der Waals surface area contributed by atoms with E-state index in [1.165, 1.54) is 11.3 Å². The predicted molar refractivity (Wildman–Crippen MR) is 107 cm³/mol. The number of carbonyl (C=O) groups excluding carboxylic acids is 1. The van der Waals surface area contributed by atoms with Crippen LogP contribution in [0.1, 0.15) is 16.9 Å². The van der Waals surface area contributed by atoms with Crippen molar-refractivity contribution in [2.45, 2.75) is 19.1 Å². The zero-order valence-corrected chi connectivity index (χ0v) is 16.3. The number of morpholine rings is 1. The maximum Gasteiger partial charge on any atom is 0.264 e. The standard InChI is InChI=1S/C19H20ClN3O3S/c20-18-6-5-17(27-18)14-11-16(26-22-14)19(24)21-12-13-3-1-2-4-15(13)23-7-9-25-10-8-23/h1-6,16H,7-12H2,(H,21,24)/t16-/m1/s1. The van der Waals surface area contributed by atoms with Crippen LogP contribution in [0.2, 0.25) is 4.34 Å². The van der Waals surface area contributed by atoms with Gasteiger partial charge in [0.1, 0.15) is 5.71 Å². The SMILES string of the molecule is O=C(NCc1ccccc1N1CCOCC1)[C@H]1CC(c2ccc(Cl)s2)=NO1. The van der Waals surface area contributed by atoms with Gasteiger partial charge in [0.2, 0.25) is 6.10 Å². The van der Waals surface area contributed by atoms with Gasteiger partial charge >= 0.3 is 0 Å². The number of ether oxygens (including phenoxy) is 1. The first-order valence-corrected chi connectivity index (χ1v) is 10.1. The van der Waals surface area contributed by atoms with Crippen LogP contribution in [0.4, 0.5) is 5.69 Å². The van der Waals surface area contributed by atoms with Crippen molar-refractivity contribution in [2.75, 3.05) is 31.2 Å². The molecule has 1 saturated heterocycles. The normalized spacial score (nSPS) is 19.5. The van der Waals surface area contributed by atoms with Gasteiger partial charge in [-0.25, -0.2) is 0 Å². The molecule has 0 spiro atoms. The van der Waals surface area contributed by atoms with Crippen molar-refractivity contribution in [3.8, 4) is 0 Å². The fourth-order valence-electron chi connectivity index (χ4n) is 3.20. The van der Waals surface area contributed by atoms with Gasteiger partial charge in [0, 0.05) is 31.7 Å². The van der Waals surface area contributed by atoms with E-state index in [0.29, 0.717) is 17.3 Å². The van der Waals surface area contributed by atoms with Crippen molar-refractivity contribution in [1.29, 1.82) is 0 Å². The number of amides is 1. The van der Waals surface area contributed by atoms with Gasteiger partial charge in [0.25, 0.3) is 5.91 Å². The Labute approximate surface area is 166 Å². The molecule has 2 aromatic rings. The Bertz CT molecular complexity index is 848. The minimum atomic E-state index is -0.601. The minimum absolute atomic E-state index is 0.159. The smallest absolute Gasteiger partial charge is 0.264 e. The fraction of sp³-hybridized carbons (Fsp3) is 0.368. The molecule has 0 bridgehead atoms. The maximum atomic E-state index is 12.5. The Morgan fingerprint density at radius 2 is 2.07 bits per heavy atom. The lowest BCUT2D eigenvalue weighted by Crippen LogP contribution is -2.38. The second-order valence-corrected chi connectivity index (χ2v) is 8.10. The Balaban J connectivity index is 1.35. The summed E-state index contributed by atoms with van der Waals surface area (Å²) in [5.41, 5.74) is 2.98. The van der Waals surface area contributed by atoms with E-state index in [-0.39, 0.29) is 5.91 Å². The second kappa shape index (κ2) is 8.29. The van der Waals surface area contributed by atoms with E-state index in [1.54, 1.807) is 0 Å².